The Balaban J connectivity index is 1.11. The summed E-state index contributed by atoms with van der Waals surface area (Å²) in [6.45, 7) is 0. The number of hydrogen-bond acceptors (Lipinski definition) is 3. The van der Waals surface area contributed by atoms with Crippen LogP contribution in [0.2, 0.25) is 0 Å². The van der Waals surface area contributed by atoms with E-state index in [1.54, 1.807) is 0 Å². The molecule has 0 saturated heterocycles. The van der Waals surface area contributed by atoms with Gasteiger partial charge in [0.05, 0.1) is 27.6 Å². The fraction of sp³-hybridized carbons (Fsp3) is 0. The monoisotopic (exact) mass is 754 g/mol. The van der Waals surface area contributed by atoms with E-state index in [1.165, 1.54) is 38.0 Å². The first-order valence-corrected chi connectivity index (χ1v) is 19.9. The average molecular weight is 755 g/mol. The summed E-state index contributed by atoms with van der Waals surface area (Å²) in [4.78, 5) is 15.1. The Labute approximate surface area is 339 Å². The van der Waals surface area contributed by atoms with Crippen molar-refractivity contribution >= 4 is 54.5 Å². The highest BCUT2D eigenvalue weighted by atomic mass is 15.0. The van der Waals surface area contributed by atoms with Crippen LogP contribution in [0.5, 0.6) is 0 Å². The highest BCUT2D eigenvalue weighted by Crippen LogP contribution is 2.42. The van der Waals surface area contributed by atoms with Gasteiger partial charge in [0, 0.05) is 66.9 Å². The lowest BCUT2D eigenvalue weighted by molar-refractivity contribution is 1.07. The third kappa shape index (κ3) is 5.31. The standard InChI is InChI=1S/C53H34N6/c1-5-16-35(17-6-1)51-54-52(36-18-7-2-8-19-36)56-53(55-51)37-20-15-25-40(32-37)58-47-27-14-13-26-41(47)44-33-45-42-28-29-46-43(30-31-57(46)38-21-9-3-10-22-38)50(42)59(49(45)34-48(44)58)39-23-11-4-12-24-39/h1-34H. The highest BCUT2D eigenvalue weighted by molar-refractivity contribution is 6.23. The lowest BCUT2D eigenvalue weighted by Crippen LogP contribution is -2.01. The number of para-hydroxylation sites is 3. The van der Waals surface area contributed by atoms with Crippen molar-refractivity contribution in [3.8, 4) is 51.2 Å². The summed E-state index contributed by atoms with van der Waals surface area (Å²) in [7, 11) is 0. The summed E-state index contributed by atoms with van der Waals surface area (Å²) < 4.78 is 7.12. The molecule has 0 atom stereocenters. The largest absolute Gasteiger partial charge is 0.316 e. The van der Waals surface area contributed by atoms with Crippen molar-refractivity contribution < 1.29 is 0 Å². The number of fused-ring (bicyclic) bond motifs is 8. The average Bonchev–Trinajstić information content (AvgIpc) is 3.99. The van der Waals surface area contributed by atoms with Gasteiger partial charge in [-0.1, -0.05) is 133 Å². The van der Waals surface area contributed by atoms with Crippen LogP contribution in [0.4, 0.5) is 0 Å². The van der Waals surface area contributed by atoms with Gasteiger partial charge in [-0.2, -0.15) is 0 Å². The molecule has 0 unspecified atom stereocenters. The molecule has 0 aliphatic carbocycles. The van der Waals surface area contributed by atoms with E-state index in [-0.39, 0.29) is 0 Å². The van der Waals surface area contributed by atoms with Gasteiger partial charge in [0.2, 0.25) is 0 Å². The minimum absolute atomic E-state index is 0.623. The fourth-order valence-electron chi connectivity index (χ4n) is 8.84. The van der Waals surface area contributed by atoms with Gasteiger partial charge < -0.3 is 13.7 Å². The quantitative estimate of drug-likeness (QED) is 0.170. The molecule has 0 bridgehead atoms. The molecule has 0 fully saturated rings. The first-order chi connectivity index (χ1) is 29.3. The zero-order chi connectivity index (χ0) is 38.9. The van der Waals surface area contributed by atoms with Crippen LogP contribution in [-0.4, -0.2) is 28.7 Å². The molecule has 4 heterocycles. The van der Waals surface area contributed by atoms with Crippen molar-refractivity contribution in [1.82, 2.24) is 28.7 Å². The Hall–Kier alpha value is -8.09. The second-order valence-corrected chi connectivity index (χ2v) is 14.9. The van der Waals surface area contributed by atoms with Gasteiger partial charge in [0.15, 0.2) is 17.5 Å². The van der Waals surface area contributed by atoms with Crippen molar-refractivity contribution in [2.75, 3.05) is 0 Å². The SMILES string of the molecule is c1ccc(-c2nc(-c3ccccc3)nc(-c3cccc(-n4c5ccccc5c5cc6c7ccc8c(ccn8-c8ccccc8)c7n(-c7ccccc7)c6cc54)c3)n2)cc1. The Kier molecular flexibility index (Phi) is 7.43. The van der Waals surface area contributed by atoms with Crippen molar-refractivity contribution in [2.45, 2.75) is 0 Å². The van der Waals surface area contributed by atoms with Crippen LogP contribution in [0.15, 0.2) is 206 Å². The van der Waals surface area contributed by atoms with E-state index in [0.717, 1.165) is 50.3 Å². The third-order valence-electron chi connectivity index (χ3n) is 11.5. The van der Waals surface area contributed by atoms with Crippen molar-refractivity contribution in [3.63, 3.8) is 0 Å². The molecular weight excluding hydrogens is 721 g/mol. The molecule has 0 saturated carbocycles. The van der Waals surface area contributed by atoms with Crippen LogP contribution in [0, 0.1) is 0 Å². The molecule has 0 aliphatic rings. The molecular formula is C53H34N6. The maximum atomic E-state index is 5.07. The summed E-state index contributed by atoms with van der Waals surface area (Å²) in [5.74, 6) is 1.90. The van der Waals surface area contributed by atoms with E-state index in [2.05, 4.69) is 159 Å². The second kappa shape index (κ2) is 13.3. The van der Waals surface area contributed by atoms with Gasteiger partial charge in [0.25, 0.3) is 0 Å². The topological polar surface area (TPSA) is 53.5 Å². The summed E-state index contributed by atoms with van der Waals surface area (Å²) in [5.41, 5.74) is 11.9. The molecule has 0 spiro atoms. The molecule has 0 amide bonds. The second-order valence-electron chi connectivity index (χ2n) is 14.9. The molecule has 59 heavy (non-hydrogen) atoms. The lowest BCUT2D eigenvalue weighted by Gasteiger charge is -2.12. The van der Waals surface area contributed by atoms with E-state index in [0.29, 0.717) is 17.5 Å². The Bertz CT molecular complexity index is 3470. The lowest BCUT2D eigenvalue weighted by atomic mass is 10.1. The van der Waals surface area contributed by atoms with Gasteiger partial charge in [-0.3, -0.25) is 0 Å². The molecule has 276 valence electrons. The molecule has 4 aromatic heterocycles. The highest BCUT2D eigenvalue weighted by Gasteiger charge is 2.21. The van der Waals surface area contributed by atoms with E-state index < -0.39 is 0 Å². The molecule has 6 heteroatoms. The molecule has 0 radical (unpaired) electrons. The number of nitrogens with zero attached hydrogens (tertiary/aromatic N) is 6. The molecule has 0 aliphatic heterocycles. The maximum Gasteiger partial charge on any atom is 0.164 e. The zero-order valence-electron chi connectivity index (χ0n) is 31.8. The minimum Gasteiger partial charge on any atom is -0.316 e. The third-order valence-corrected chi connectivity index (χ3v) is 11.5. The maximum absolute atomic E-state index is 5.07. The van der Waals surface area contributed by atoms with Crippen molar-refractivity contribution in [1.29, 1.82) is 0 Å². The van der Waals surface area contributed by atoms with Crippen LogP contribution >= 0.6 is 0 Å². The Morgan fingerprint density at radius 1 is 0.288 bits per heavy atom. The smallest absolute Gasteiger partial charge is 0.164 e. The number of hydrogen-bond donors (Lipinski definition) is 0. The number of rotatable bonds is 6. The van der Waals surface area contributed by atoms with Crippen LogP contribution < -0.4 is 0 Å². The first-order valence-electron chi connectivity index (χ1n) is 19.9. The van der Waals surface area contributed by atoms with Crippen molar-refractivity contribution in [3.05, 3.63) is 206 Å². The van der Waals surface area contributed by atoms with Crippen LogP contribution in [0.25, 0.3) is 106 Å². The fourth-order valence-corrected chi connectivity index (χ4v) is 8.84. The molecule has 6 nitrogen and oxygen atoms in total. The summed E-state index contributed by atoms with van der Waals surface area (Å²) >= 11 is 0. The number of benzene rings is 8. The Morgan fingerprint density at radius 3 is 1.53 bits per heavy atom. The first kappa shape index (κ1) is 33.1. The van der Waals surface area contributed by atoms with E-state index >= 15 is 0 Å². The molecule has 12 rings (SSSR count). The zero-order valence-corrected chi connectivity index (χ0v) is 31.8. The van der Waals surface area contributed by atoms with E-state index in [1.807, 2.05) is 60.7 Å². The van der Waals surface area contributed by atoms with E-state index in [9.17, 15) is 0 Å². The van der Waals surface area contributed by atoms with Gasteiger partial charge in [-0.15, -0.1) is 0 Å². The predicted octanol–water partition coefficient (Wildman–Crippen LogP) is 13.0. The summed E-state index contributed by atoms with van der Waals surface area (Å²) in [6, 6.07) is 70.5. The van der Waals surface area contributed by atoms with Crippen molar-refractivity contribution in [2.24, 2.45) is 0 Å². The van der Waals surface area contributed by atoms with Gasteiger partial charge in [-0.25, -0.2) is 15.0 Å². The molecule has 12 aromatic rings. The van der Waals surface area contributed by atoms with Gasteiger partial charge in [-0.05, 0) is 66.7 Å². The van der Waals surface area contributed by atoms with Crippen LogP contribution in [-0.2, 0) is 0 Å². The predicted molar refractivity (Wildman–Crippen MR) is 242 cm³/mol. The normalized spacial score (nSPS) is 11.7. The van der Waals surface area contributed by atoms with Gasteiger partial charge >= 0.3 is 0 Å². The molecule has 8 aromatic carbocycles. The Morgan fingerprint density at radius 2 is 0.831 bits per heavy atom. The van der Waals surface area contributed by atoms with Crippen LogP contribution in [0.1, 0.15) is 0 Å². The van der Waals surface area contributed by atoms with Gasteiger partial charge in [0.1, 0.15) is 0 Å². The summed E-state index contributed by atoms with van der Waals surface area (Å²) in [5, 5.41) is 6.05. The van der Waals surface area contributed by atoms with E-state index in [4.69, 9.17) is 15.0 Å². The summed E-state index contributed by atoms with van der Waals surface area (Å²) in [6.07, 6.45) is 2.19. The minimum atomic E-state index is 0.623. The van der Waals surface area contributed by atoms with Crippen LogP contribution in [0.3, 0.4) is 0 Å². The number of aromatic nitrogens is 6. The molecule has 0 N–H and O–H groups in total.